The lowest BCUT2D eigenvalue weighted by Crippen LogP contribution is -2.01. The molecular weight excluding hydrogens is 246 g/mol. The summed E-state index contributed by atoms with van der Waals surface area (Å²) in [6.07, 6.45) is 1.64. The van der Waals surface area contributed by atoms with E-state index in [1.807, 2.05) is 20.2 Å². The maximum absolute atomic E-state index is 5.81. The Balaban J connectivity index is 2.65. The second-order valence-electron chi connectivity index (χ2n) is 3.05. The average Bonchev–Trinajstić information content (AvgIpc) is 2.57. The molecule has 0 aromatic carbocycles. The first-order valence-corrected chi connectivity index (χ1v) is 4.86. The predicted molar refractivity (Wildman–Crippen MR) is 57.5 cm³/mol. The first kappa shape index (κ1) is 9.26. The van der Waals surface area contributed by atoms with Crippen LogP contribution in [0.5, 0.6) is 0 Å². The van der Waals surface area contributed by atoms with Gasteiger partial charge in [0.1, 0.15) is 10.3 Å². The standard InChI is InChI=1S/C8H10BrN5/c1-13-6(3-7(9)12-13)8-5(10)4-11-14(8)2/h3-4H,10H2,1-2H3. The third-order valence-electron chi connectivity index (χ3n) is 2.06. The molecule has 0 saturated carbocycles. The first-order chi connectivity index (χ1) is 6.59. The molecule has 5 nitrogen and oxygen atoms in total. The van der Waals surface area contributed by atoms with Gasteiger partial charge in [0, 0.05) is 20.2 Å². The molecule has 2 aromatic heterocycles. The molecule has 2 rings (SSSR count). The SMILES string of the molecule is Cn1nc(Br)cc1-c1c(N)cnn1C. The third-order valence-corrected chi connectivity index (χ3v) is 2.45. The van der Waals surface area contributed by atoms with Crippen LogP contribution in [0.2, 0.25) is 0 Å². The van der Waals surface area contributed by atoms with Gasteiger partial charge in [-0.15, -0.1) is 0 Å². The van der Waals surface area contributed by atoms with Crippen LogP contribution in [-0.4, -0.2) is 19.6 Å². The van der Waals surface area contributed by atoms with Crippen molar-refractivity contribution in [1.82, 2.24) is 19.6 Å². The van der Waals surface area contributed by atoms with Gasteiger partial charge < -0.3 is 5.73 Å². The van der Waals surface area contributed by atoms with E-state index < -0.39 is 0 Å². The Bertz CT molecular complexity index is 451. The normalized spacial score (nSPS) is 10.8. The number of aromatic nitrogens is 4. The summed E-state index contributed by atoms with van der Waals surface area (Å²) in [6, 6.07) is 1.91. The van der Waals surface area contributed by atoms with E-state index in [9.17, 15) is 0 Å². The van der Waals surface area contributed by atoms with E-state index in [-0.39, 0.29) is 0 Å². The molecule has 2 heterocycles. The zero-order valence-electron chi connectivity index (χ0n) is 7.90. The molecule has 0 bridgehead atoms. The second-order valence-corrected chi connectivity index (χ2v) is 3.86. The van der Waals surface area contributed by atoms with Crippen molar-refractivity contribution < 1.29 is 0 Å². The second kappa shape index (κ2) is 3.13. The van der Waals surface area contributed by atoms with Gasteiger partial charge in [0.25, 0.3) is 0 Å². The van der Waals surface area contributed by atoms with E-state index in [4.69, 9.17) is 5.73 Å². The van der Waals surface area contributed by atoms with E-state index in [0.29, 0.717) is 5.69 Å². The summed E-state index contributed by atoms with van der Waals surface area (Å²) in [6.45, 7) is 0. The fraction of sp³-hybridized carbons (Fsp3) is 0.250. The van der Waals surface area contributed by atoms with Gasteiger partial charge in [0.15, 0.2) is 0 Å². The van der Waals surface area contributed by atoms with Crippen LogP contribution < -0.4 is 5.73 Å². The van der Waals surface area contributed by atoms with Crippen LogP contribution >= 0.6 is 15.9 Å². The fourth-order valence-electron chi connectivity index (χ4n) is 1.42. The fourth-order valence-corrected chi connectivity index (χ4v) is 1.88. The molecule has 0 atom stereocenters. The number of hydrogen-bond acceptors (Lipinski definition) is 3. The number of hydrogen-bond donors (Lipinski definition) is 1. The maximum atomic E-state index is 5.81. The summed E-state index contributed by atoms with van der Waals surface area (Å²) >= 11 is 3.32. The van der Waals surface area contributed by atoms with Crippen LogP contribution in [0, 0.1) is 0 Å². The summed E-state index contributed by atoms with van der Waals surface area (Å²) in [4.78, 5) is 0. The largest absolute Gasteiger partial charge is 0.396 e. The van der Waals surface area contributed by atoms with Crippen molar-refractivity contribution in [1.29, 1.82) is 0 Å². The highest BCUT2D eigenvalue weighted by Crippen LogP contribution is 2.26. The number of aryl methyl sites for hydroxylation is 2. The number of anilines is 1. The lowest BCUT2D eigenvalue weighted by molar-refractivity contribution is 0.735. The molecule has 0 radical (unpaired) electrons. The van der Waals surface area contributed by atoms with Crippen LogP contribution in [0.1, 0.15) is 0 Å². The van der Waals surface area contributed by atoms with Gasteiger partial charge >= 0.3 is 0 Å². The van der Waals surface area contributed by atoms with E-state index in [2.05, 4.69) is 26.1 Å². The molecule has 0 unspecified atom stereocenters. The maximum Gasteiger partial charge on any atom is 0.128 e. The molecule has 0 fully saturated rings. The Morgan fingerprint density at radius 1 is 1.36 bits per heavy atom. The quantitative estimate of drug-likeness (QED) is 0.832. The van der Waals surface area contributed by atoms with E-state index in [1.54, 1.807) is 15.6 Å². The summed E-state index contributed by atoms with van der Waals surface area (Å²) in [5.41, 5.74) is 8.29. The molecule has 14 heavy (non-hydrogen) atoms. The minimum atomic E-state index is 0.656. The molecule has 0 spiro atoms. The topological polar surface area (TPSA) is 61.7 Å². The molecule has 2 aromatic rings. The Morgan fingerprint density at radius 2 is 2.07 bits per heavy atom. The molecule has 2 N–H and O–H groups in total. The van der Waals surface area contributed by atoms with Crippen molar-refractivity contribution >= 4 is 21.6 Å². The monoisotopic (exact) mass is 255 g/mol. The number of nitrogens with zero attached hydrogens (tertiary/aromatic N) is 4. The van der Waals surface area contributed by atoms with Crippen molar-refractivity contribution in [2.75, 3.05) is 5.73 Å². The van der Waals surface area contributed by atoms with Gasteiger partial charge in [-0.1, -0.05) is 0 Å². The molecule has 6 heteroatoms. The minimum Gasteiger partial charge on any atom is -0.396 e. The predicted octanol–water partition coefficient (Wildman–Crippen LogP) is 1.17. The molecule has 0 aliphatic carbocycles. The smallest absolute Gasteiger partial charge is 0.128 e. The van der Waals surface area contributed by atoms with Gasteiger partial charge in [-0.2, -0.15) is 10.2 Å². The van der Waals surface area contributed by atoms with Gasteiger partial charge in [-0.05, 0) is 15.9 Å². The van der Waals surface area contributed by atoms with Crippen molar-refractivity contribution in [2.45, 2.75) is 0 Å². The Hall–Kier alpha value is -1.30. The van der Waals surface area contributed by atoms with E-state index in [0.717, 1.165) is 16.0 Å². The summed E-state index contributed by atoms with van der Waals surface area (Å²) in [5, 5.41) is 8.26. The Morgan fingerprint density at radius 3 is 2.50 bits per heavy atom. The van der Waals surface area contributed by atoms with Crippen LogP contribution in [0.4, 0.5) is 5.69 Å². The Kier molecular flexibility index (Phi) is 2.07. The van der Waals surface area contributed by atoms with E-state index >= 15 is 0 Å². The van der Waals surface area contributed by atoms with Crippen LogP contribution in [0.25, 0.3) is 11.4 Å². The van der Waals surface area contributed by atoms with E-state index in [1.165, 1.54) is 0 Å². The first-order valence-electron chi connectivity index (χ1n) is 4.07. The van der Waals surface area contributed by atoms with Crippen LogP contribution in [0.3, 0.4) is 0 Å². The molecule has 0 saturated heterocycles. The zero-order chi connectivity index (χ0) is 10.3. The van der Waals surface area contributed by atoms with Gasteiger partial charge in [-0.25, -0.2) is 0 Å². The molecule has 0 amide bonds. The lowest BCUT2D eigenvalue weighted by Gasteiger charge is -2.02. The highest BCUT2D eigenvalue weighted by atomic mass is 79.9. The van der Waals surface area contributed by atoms with Crippen molar-refractivity contribution in [2.24, 2.45) is 14.1 Å². The highest BCUT2D eigenvalue weighted by molar-refractivity contribution is 9.10. The average molecular weight is 256 g/mol. The van der Waals surface area contributed by atoms with Crippen molar-refractivity contribution in [3.63, 3.8) is 0 Å². The lowest BCUT2D eigenvalue weighted by atomic mass is 10.3. The van der Waals surface area contributed by atoms with Gasteiger partial charge in [0.05, 0.1) is 17.6 Å². The third kappa shape index (κ3) is 1.31. The summed E-state index contributed by atoms with van der Waals surface area (Å²) < 4.78 is 4.28. The van der Waals surface area contributed by atoms with Crippen LogP contribution in [0.15, 0.2) is 16.9 Å². The summed E-state index contributed by atoms with van der Waals surface area (Å²) in [7, 11) is 3.72. The van der Waals surface area contributed by atoms with Crippen molar-refractivity contribution in [3.8, 4) is 11.4 Å². The zero-order valence-corrected chi connectivity index (χ0v) is 9.48. The summed E-state index contributed by atoms with van der Waals surface area (Å²) in [5.74, 6) is 0. The molecule has 0 aliphatic rings. The van der Waals surface area contributed by atoms with Crippen molar-refractivity contribution in [3.05, 3.63) is 16.9 Å². The minimum absolute atomic E-state index is 0.656. The molecular formula is C8H10BrN5. The Labute approximate surface area is 89.6 Å². The van der Waals surface area contributed by atoms with Crippen LogP contribution in [-0.2, 0) is 14.1 Å². The van der Waals surface area contributed by atoms with Gasteiger partial charge in [-0.3, -0.25) is 9.36 Å². The number of nitrogen functional groups attached to an aromatic ring is 1. The molecule has 74 valence electrons. The number of halogens is 1. The molecule has 0 aliphatic heterocycles. The van der Waals surface area contributed by atoms with Gasteiger partial charge in [0.2, 0.25) is 0 Å². The highest BCUT2D eigenvalue weighted by Gasteiger charge is 2.13. The number of rotatable bonds is 1. The number of nitrogens with two attached hydrogens (primary N) is 1.